The second kappa shape index (κ2) is 7.21. The highest BCUT2D eigenvalue weighted by Crippen LogP contribution is 2.29. The molecule has 7 nitrogen and oxygen atoms in total. The molecule has 152 valence electrons. The van der Waals surface area contributed by atoms with E-state index >= 15 is 0 Å². The maximum Gasteiger partial charge on any atom is 0.416 e. The Hall–Kier alpha value is -3.82. The minimum Gasteiger partial charge on any atom is -0.270 e. The summed E-state index contributed by atoms with van der Waals surface area (Å²) in [5, 5.41) is 8.05. The molecule has 0 bridgehead atoms. The molecule has 0 aliphatic heterocycles. The molecule has 0 N–H and O–H groups in total. The zero-order valence-electron chi connectivity index (χ0n) is 15.6. The lowest BCUT2D eigenvalue weighted by Crippen LogP contribution is -2.39. The third-order valence-electron chi connectivity index (χ3n) is 4.60. The van der Waals surface area contributed by atoms with Gasteiger partial charge in [0.2, 0.25) is 0 Å². The van der Waals surface area contributed by atoms with Gasteiger partial charge >= 0.3 is 11.9 Å². The molecular formula is C20H14F3N5O2. The molecule has 4 aromatic rings. The highest BCUT2D eigenvalue weighted by Gasteiger charge is 2.30. The molecule has 0 fully saturated rings. The first-order valence-corrected chi connectivity index (χ1v) is 8.81. The van der Waals surface area contributed by atoms with Crippen LogP contribution in [0.15, 0.2) is 64.2 Å². The molecule has 2 heterocycles. The van der Waals surface area contributed by atoms with Gasteiger partial charge in [-0.1, -0.05) is 42.5 Å². The molecule has 0 aliphatic carbocycles. The largest absolute Gasteiger partial charge is 0.416 e. The van der Waals surface area contributed by atoms with E-state index in [0.717, 1.165) is 21.3 Å². The van der Waals surface area contributed by atoms with Crippen LogP contribution in [0.4, 0.5) is 13.2 Å². The molecule has 2 aromatic carbocycles. The van der Waals surface area contributed by atoms with Crippen LogP contribution >= 0.6 is 0 Å². The van der Waals surface area contributed by atoms with Gasteiger partial charge in [-0.25, -0.2) is 9.78 Å². The Labute approximate surface area is 167 Å². The van der Waals surface area contributed by atoms with Crippen LogP contribution in [0.3, 0.4) is 0 Å². The minimum absolute atomic E-state index is 0.0392. The van der Waals surface area contributed by atoms with Crippen molar-refractivity contribution in [2.45, 2.75) is 12.7 Å². The SMILES string of the molecule is Cn1c(=O)c2nc(-c3ccccc3)nnc2n(Cc2ccc(C(F)(F)F)cc2)c1=O. The van der Waals surface area contributed by atoms with E-state index < -0.39 is 23.0 Å². The lowest BCUT2D eigenvalue weighted by molar-refractivity contribution is -0.137. The predicted octanol–water partition coefficient (Wildman–Crippen LogP) is 2.62. The molecule has 0 aliphatic rings. The molecule has 0 radical (unpaired) electrons. The van der Waals surface area contributed by atoms with Crippen molar-refractivity contribution in [2.75, 3.05) is 0 Å². The first kappa shape index (κ1) is 19.5. The number of alkyl halides is 3. The van der Waals surface area contributed by atoms with Gasteiger partial charge in [-0.3, -0.25) is 13.9 Å². The van der Waals surface area contributed by atoms with E-state index in [0.29, 0.717) is 11.1 Å². The van der Waals surface area contributed by atoms with Crippen LogP contribution in [-0.2, 0) is 19.8 Å². The topological polar surface area (TPSA) is 82.7 Å². The van der Waals surface area contributed by atoms with Gasteiger partial charge < -0.3 is 0 Å². The van der Waals surface area contributed by atoms with Crippen molar-refractivity contribution in [3.8, 4) is 11.4 Å². The number of fused-ring (bicyclic) bond motifs is 1. The average Bonchev–Trinajstić information content (AvgIpc) is 2.75. The Morgan fingerprint density at radius 2 is 1.60 bits per heavy atom. The summed E-state index contributed by atoms with van der Waals surface area (Å²) in [5.41, 5.74) is -1.12. The van der Waals surface area contributed by atoms with Crippen LogP contribution in [0.25, 0.3) is 22.6 Å². The van der Waals surface area contributed by atoms with E-state index in [1.807, 2.05) is 6.07 Å². The molecule has 4 rings (SSSR count). The molecule has 0 saturated heterocycles. The summed E-state index contributed by atoms with van der Waals surface area (Å²) in [4.78, 5) is 29.5. The minimum atomic E-state index is -4.46. The summed E-state index contributed by atoms with van der Waals surface area (Å²) >= 11 is 0. The van der Waals surface area contributed by atoms with Crippen LogP contribution in [0.2, 0.25) is 0 Å². The number of hydrogen-bond acceptors (Lipinski definition) is 5. The number of nitrogens with zero attached hydrogens (tertiary/aromatic N) is 5. The summed E-state index contributed by atoms with van der Waals surface area (Å²) in [7, 11) is 1.30. The van der Waals surface area contributed by atoms with Crippen LogP contribution in [0.5, 0.6) is 0 Å². The van der Waals surface area contributed by atoms with Gasteiger partial charge in [0, 0.05) is 12.6 Å². The molecule has 0 spiro atoms. The second-order valence-electron chi connectivity index (χ2n) is 6.60. The van der Waals surface area contributed by atoms with Crippen molar-refractivity contribution in [1.29, 1.82) is 0 Å². The monoisotopic (exact) mass is 413 g/mol. The normalized spacial score (nSPS) is 11.7. The van der Waals surface area contributed by atoms with Gasteiger partial charge in [0.1, 0.15) is 0 Å². The van der Waals surface area contributed by atoms with Gasteiger partial charge in [0.15, 0.2) is 17.0 Å². The number of hydrogen-bond donors (Lipinski definition) is 0. The Morgan fingerprint density at radius 3 is 2.23 bits per heavy atom. The van der Waals surface area contributed by atoms with E-state index in [-0.39, 0.29) is 23.5 Å². The summed E-state index contributed by atoms with van der Waals surface area (Å²) in [5.74, 6) is 0.222. The Morgan fingerprint density at radius 1 is 0.933 bits per heavy atom. The van der Waals surface area contributed by atoms with Crippen LogP contribution < -0.4 is 11.2 Å². The zero-order valence-corrected chi connectivity index (χ0v) is 15.6. The van der Waals surface area contributed by atoms with Crippen LogP contribution in [0, 0.1) is 0 Å². The van der Waals surface area contributed by atoms with Crippen molar-refractivity contribution < 1.29 is 13.2 Å². The number of halogens is 3. The molecule has 0 saturated carbocycles. The predicted molar refractivity (Wildman–Crippen MR) is 103 cm³/mol. The molecule has 0 unspecified atom stereocenters. The summed E-state index contributed by atoms with van der Waals surface area (Å²) in [6, 6.07) is 13.3. The number of rotatable bonds is 3. The smallest absolute Gasteiger partial charge is 0.270 e. The number of aromatic nitrogens is 5. The first-order chi connectivity index (χ1) is 14.3. The van der Waals surface area contributed by atoms with Gasteiger partial charge in [0.25, 0.3) is 5.56 Å². The van der Waals surface area contributed by atoms with Gasteiger partial charge in [-0.15, -0.1) is 10.2 Å². The van der Waals surface area contributed by atoms with Crippen molar-refractivity contribution in [3.63, 3.8) is 0 Å². The lowest BCUT2D eigenvalue weighted by Gasteiger charge is -2.12. The summed E-state index contributed by atoms with van der Waals surface area (Å²) in [6.07, 6.45) is -4.46. The molecule has 30 heavy (non-hydrogen) atoms. The van der Waals surface area contributed by atoms with E-state index in [2.05, 4.69) is 15.2 Å². The maximum absolute atomic E-state index is 12.8. The first-order valence-electron chi connectivity index (χ1n) is 8.81. The Kier molecular flexibility index (Phi) is 4.69. The van der Waals surface area contributed by atoms with Gasteiger partial charge in [-0.05, 0) is 17.7 Å². The standard InChI is InChI=1S/C20H14F3N5O2/c1-27-18(29)15-17(26-25-16(24-15)13-5-3-2-4-6-13)28(19(27)30)11-12-7-9-14(10-8-12)20(21,22)23/h2-10H,11H2,1H3. The molecule has 0 atom stereocenters. The Bertz CT molecular complexity index is 1340. The van der Waals surface area contributed by atoms with Gasteiger partial charge in [-0.2, -0.15) is 13.2 Å². The van der Waals surface area contributed by atoms with Crippen LogP contribution in [-0.4, -0.2) is 24.3 Å². The third-order valence-corrected chi connectivity index (χ3v) is 4.60. The number of benzene rings is 2. The van der Waals surface area contributed by atoms with E-state index in [1.54, 1.807) is 24.3 Å². The van der Waals surface area contributed by atoms with Crippen molar-refractivity contribution >= 4 is 11.2 Å². The average molecular weight is 413 g/mol. The van der Waals surface area contributed by atoms with Crippen LogP contribution in [0.1, 0.15) is 11.1 Å². The maximum atomic E-state index is 12.8. The van der Waals surface area contributed by atoms with Gasteiger partial charge in [0.05, 0.1) is 12.1 Å². The fourth-order valence-electron chi connectivity index (χ4n) is 3.00. The van der Waals surface area contributed by atoms with E-state index in [4.69, 9.17) is 0 Å². The molecular weight excluding hydrogens is 399 g/mol. The van der Waals surface area contributed by atoms with Crippen molar-refractivity contribution in [1.82, 2.24) is 24.3 Å². The molecule has 0 amide bonds. The lowest BCUT2D eigenvalue weighted by atomic mass is 10.1. The second-order valence-corrected chi connectivity index (χ2v) is 6.60. The van der Waals surface area contributed by atoms with E-state index in [9.17, 15) is 22.8 Å². The van der Waals surface area contributed by atoms with Crippen molar-refractivity contribution in [2.24, 2.45) is 7.05 Å². The van der Waals surface area contributed by atoms with Crippen molar-refractivity contribution in [3.05, 3.63) is 86.6 Å². The molecule has 10 heteroatoms. The highest BCUT2D eigenvalue weighted by atomic mass is 19.4. The van der Waals surface area contributed by atoms with E-state index in [1.165, 1.54) is 19.2 Å². The summed E-state index contributed by atoms with van der Waals surface area (Å²) < 4.78 is 40.4. The Balaban J connectivity index is 1.84. The quantitative estimate of drug-likeness (QED) is 0.516. The fourth-order valence-corrected chi connectivity index (χ4v) is 3.00. The summed E-state index contributed by atoms with van der Waals surface area (Å²) in [6.45, 7) is -0.0946. The molecule has 2 aromatic heterocycles. The highest BCUT2D eigenvalue weighted by molar-refractivity contribution is 5.71. The zero-order chi connectivity index (χ0) is 21.5. The third kappa shape index (κ3) is 3.47. The fraction of sp³-hybridized carbons (Fsp3) is 0.150.